The molecule has 0 bridgehead atoms. The molecule has 0 heterocycles. The zero-order chi connectivity index (χ0) is 11.8. The molecule has 3 unspecified atom stereocenters. The zero-order valence-corrected chi connectivity index (χ0v) is 9.07. The molecule has 0 amide bonds. The van der Waals surface area contributed by atoms with Crippen LogP contribution < -0.4 is 5.32 Å². The van der Waals surface area contributed by atoms with Gasteiger partial charge in [-0.15, -0.1) is 6.42 Å². The van der Waals surface area contributed by atoms with Gasteiger partial charge in [0.1, 0.15) is 6.17 Å². The summed E-state index contributed by atoms with van der Waals surface area (Å²) in [6, 6.07) is 6.97. The first-order valence-corrected chi connectivity index (χ1v) is 5.23. The molecule has 0 radical (unpaired) electrons. The van der Waals surface area contributed by atoms with E-state index in [-0.39, 0.29) is 0 Å². The fourth-order valence-electron chi connectivity index (χ4n) is 2.06. The third-order valence-electron chi connectivity index (χ3n) is 2.88. The maximum Gasteiger partial charge on any atom is 0.176 e. The van der Waals surface area contributed by atoms with Crippen molar-refractivity contribution in [2.45, 2.75) is 31.3 Å². The third-order valence-corrected chi connectivity index (χ3v) is 2.88. The van der Waals surface area contributed by atoms with Crippen LogP contribution in [0.3, 0.4) is 0 Å². The van der Waals surface area contributed by atoms with E-state index < -0.39 is 17.9 Å². The summed E-state index contributed by atoms with van der Waals surface area (Å²) in [5.41, 5.74) is 0.373. The second kappa shape index (κ2) is 3.89. The SMILES string of the molecule is C#CC(C)(O)NC1c2ccccc2CC1F. The Morgan fingerprint density at radius 2 is 2.25 bits per heavy atom. The van der Waals surface area contributed by atoms with Crippen molar-refractivity contribution >= 4 is 0 Å². The van der Waals surface area contributed by atoms with Crippen molar-refractivity contribution in [2.75, 3.05) is 0 Å². The summed E-state index contributed by atoms with van der Waals surface area (Å²) in [6.45, 7) is 1.45. The predicted octanol–water partition coefficient (Wildman–Crippen LogP) is 1.55. The molecular weight excluding hydrogens is 205 g/mol. The molecule has 2 N–H and O–H groups in total. The fourth-order valence-corrected chi connectivity index (χ4v) is 2.06. The molecule has 0 aromatic heterocycles. The number of alkyl halides is 1. The molecule has 2 nitrogen and oxygen atoms in total. The first-order chi connectivity index (χ1) is 7.53. The molecule has 3 atom stereocenters. The molecule has 1 aliphatic rings. The van der Waals surface area contributed by atoms with E-state index in [2.05, 4.69) is 11.2 Å². The molecule has 1 aliphatic carbocycles. The fraction of sp³-hybridized carbons (Fsp3) is 0.385. The second-order valence-corrected chi connectivity index (χ2v) is 4.26. The Bertz CT molecular complexity index is 436. The number of fused-ring (bicyclic) bond motifs is 1. The highest BCUT2D eigenvalue weighted by molar-refractivity contribution is 5.37. The lowest BCUT2D eigenvalue weighted by atomic mass is 10.1. The lowest BCUT2D eigenvalue weighted by Gasteiger charge is -2.25. The van der Waals surface area contributed by atoms with Gasteiger partial charge in [0, 0.05) is 6.42 Å². The van der Waals surface area contributed by atoms with Crippen LogP contribution in [0.5, 0.6) is 0 Å². The van der Waals surface area contributed by atoms with Crippen LogP contribution in [-0.2, 0) is 6.42 Å². The minimum Gasteiger partial charge on any atom is -0.365 e. The molecule has 0 saturated carbocycles. The molecule has 0 fully saturated rings. The summed E-state index contributed by atoms with van der Waals surface area (Å²) in [4.78, 5) is 0. The van der Waals surface area contributed by atoms with Gasteiger partial charge in [0.2, 0.25) is 0 Å². The Balaban J connectivity index is 2.27. The first-order valence-electron chi connectivity index (χ1n) is 5.23. The van der Waals surface area contributed by atoms with Crippen LogP contribution in [0.2, 0.25) is 0 Å². The Morgan fingerprint density at radius 3 is 2.94 bits per heavy atom. The zero-order valence-electron chi connectivity index (χ0n) is 9.07. The lowest BCUT2D eigenvalue weighted by molar-refractivity contribution is 0.0564. The monoisotopic (exact) mass is 219 g/mol. The van der Waals surface area contributed by atoms with Gasteiger partial charge in [0.25, 0.3) is 0 Å². The van der Waals surface area contributed by atoms with Gasteiger partial charge in [-0.2, -0.15) is 0 Å². The van der Waals surface area contributed by atoms with Crippen molar-refractivity contribution in [3.8, 4) is 12.3 Å². The maximum absolute atomic E-state index is 13.8. The number of hydrogen-bond acceptors (Lipinski definition) is 2. The van der Waals surface area contributed by atoms with Gasteiger partial charge in [0.15, 0.2) is 5.72 Å². The van der Waals surface area contributed by atoms with Crippen molar-refractivity contribution in [1.29, 1.82) is 0 Å². The van der Waals surface area contributed by atoms with Crippen molar-refractivity contribution in [3.05, 3.63) is 35.4 Å². The van der Waals surface area contributed by atoms with Crippen molar-refractivity contribution in [1.82, 2.24) is 5.32 Å². The van der Waals surface area contributed by atoms with Gasteiger partial charge in [-0.1, -0.05) is 30.2 Å². The topological polar surface area (TPSA) is 32.3 Å². The van der Waals surface area contributed by atoms with E-state index in [9.17, 15) is 9.50 Å². The summed E-state index contributed by atoms with van der Waals surface area (Å²) in [6.07, 6.45) is 4.49. The minimum absolute atomic E-state index is 0.370. The molecule has 84 valence electrons. The van der Waals surface area contributed by atoms with Crippen LogP contribution in [0.15, 0.2) is 24.3 Å². The number of aliphatic hydroxyl groups is 1. The van der Waals surface area contributed by atoms with Crippen LogP contribution >= 0.6 is 0 Å². The van der Waals surface area contributed by atoms with Crippen LogP contribution in [0.1, 0.15) is 24.1 Å². The molecular formula is C13H14FNO. The standard InChI is InChI=1S/C13H14FNO/c1-3-13(2,16)15-12-10-7-5-4-6-9(10)8-11(12)14/h1,4-7,11-12,15-16H,8H2,2H3. The molecule has 16 heavy (non-hydrogen) atoms. The van der Waals surface area contributed by atoms with E-state index in [1.54, 1.807) is 0 Å². The Morgan fingerprint density at radius 1 is 1.56 bits per heavy atom. The van der Waals surface area contributed by atoms with E-state index in [0.29, 0.717) is 6.42 Å². The average Bonchev–Trinajstić information content (AvgIpc) is 2.56. The highest BCUT2D eigenvalue weighted by atomic mass is 19.1. The molecule has 1 aromatic rings. The summed E-state index contributed by atoms with van der Waals surface area (Å²) in [7, 11) is 0. The normalized spacial score (nSPS) is 26.9. The van der Waals surface area contributed by atoms with Crippen molar-refractivity contribution < 1.29 is 9.50 Å². The largest absolute Gasteiger partial charge is 0.365 e. The second-order valence-electron chi connectivity index (χ2n) is 4.26. The number of hydrogen-bond donors (Lipinski definition) is 2. The van der Waals surface area contributed by atoms with Crippen molar-refractivity contribution in [2.24, 2.45) is 0 Å². The smallest absolute Gasteiger partial charge is 0.176 e. The maximum atomic E-state index is 13.8. The molecule has 1 aromatic carbocycles. The summed E-state index contributed by atoms with van der Waals surface area (Å²) in [5, 5.41) is 12.5. The number of nitrogens with one attached hydrogen (secondary N) is 1. The van der Waals surface area contributed by atoms with Crippen LogP contribution in [0.25, 0.3) is 0 Å². The van der Waals surface area contributed by atoms with Gasteiger partial charge in [-0.25, -0.2) is 4.39 Å². The van der Waals surface area contributed by atoms with Gasteiger partial charge in [-0.05, 0) is 18.1 Å². The van der Waals surface area contributed by atoms with Crippen molar-refractivity contribution in [3.63, 3.8) is 0 Å². The highest BCUT2D eigenvalue weighted by Crippen LogP contribution is 2.34. The Hall–Kier alpha value is -1.37. The van der Waals surface area contributed by atoms with E-state index in [1.807, 2.05) is 24.3 Å². The van der Waals surface area contributed by atoms with E-state index in [4.69, 9.17) is 6.42 Å². The third kappa shape index (κ3) is 1.95. The van der Waals surface area contributed by atoms with Crippen LogP contribution in [-0.4, -0.2) is 17.0 Å². The predicted molar refractivity (Wildman–Crippen MR) is 60.4 cm³/mol. The Kier molecular flexibility index (Phi) is 2.71. The highest BCUT2D eigenvalue weighted by Gasteiger charge is 2.35. The number of rotatable bonds is 2. The van der Waals surface area contributed by atoms with Crippen LogP contribution in [0.4, 0.5) is 4.39 Å². The molecule has 2 rings (SSSR count). The van der Waals surface area contributed by atoms with E-state index in [0.717, 1.165) is 11.1 Å². The van der Waals surface area contributed by atoms with Gasteiger partial charge in [-0.3, -0.25) is 5.32 Å². The number of terminal acetylenes is 1. The molecule has 0 aliphatic heterocycles. The first kappa shape index (κ1) is 11.1. The van der Waals surface area contributed by atoms with Gasteiger partial charge < -0.3 is 5.11 Å². The molecule has 3 heteroatoms. The summed E-state index contributed by atoms with van der Waals surface area (Å²) >= 11 is 0. The summed E-state index contributed by atoms with van der Waals surface area (Å²) in [5.74, 6) is 2.20. The van der Waals surface area contributed by atoms with Gasteiger partial charge in [0.05, 0.1) is 6.04 Å². The Labute approximate surface area is 94.5 Å². The number of halogens is 1. The quantitative estimate of drug-likeness (QED) is 0.584. The number of benzene rings is 1. The van der Waals surface area contributed by atoms with Gasteiger partial charge >= 0.3 is 0 Å². The van der Waals surface area contributed by atoms with E-state index in [1.165, 1.54) is 6.92 Å². The molecule has 0 saturated heterocycles. The lowest BCUT2D eigenvalue weighted by Crippen LogP contribution is -2.44. The molecule has 0 spiro atoms. The minimum atomic E-state index is -1.48. The summed E-state index contributed by atoms with van der Waals surface area (Å²) < 4.78 is 13.8. The average molecular weight is 219 g/mol. The van der Waals surface area contributed by atoms with Crippen LogP contribution in [0, 0.1) is 12.3 Å². The van der Waals surface area contributed by atoms with E-state index >= 15 is 0 Å².